The average molecular weight is 645 g/mol. The number of hydrogen-bond donors (Lipinski definition) is 1. The Morgan fingerprint density at radius 2 is 1.65 bits per heavy atom. The highest BCUT2D eigenvalue weighted by molar-refractivity contribution is 5.82. The van der Waals surface area contributed by atoms with Crippen LogP contribution in [0.15, 0.2) is 0 Å². The van der Waals surface area contributed by atoms with Gasteiger partial charge in [0.25, 0.3) is 0 Å². The van der Waals surface area contributed by atoms with Crippen LogP contribution in [0.25, 0.3) is 0 Å². The third-order valence-corrected chi connectivity index (χ3v) is 13.1. The smallest absolute Gasteiger partial charge is 0.347 e. The monoisotopic (exact) mass is 644 g/mol. The first-order chi connectivity index (χ1) is 21.6. The third-order valence-electron chi connectivity index (χ3n) is 13.1. The summed E-state index contributed by atoms with van der Waals surface area (Å²) in [6, 6.07) is 0. The van der Waals surface area contributed by atoms with Gasteiger partial charge in [0.2, 0.25) is 6.10 Å². The van der Waals surface area contributed by atoms with Gasteiger partial charge in [-0.25, -0.2) is 4.79 Å². The molecule has 9 heteroatoms. The fourth-order valence-corrected chi connectivity index (χ4v) is 10.9. The number of cyclic esters (lactones) is 1. The molecule has 6 bridgehead atoms. The second kappa shape index (κ2) is 12.7. The van der Waals surface area contributed by atoms with Gasteiger partial charge in [0.1, 0.15) is 11.2 Å². The van der Waals surface area contributed by atoms with Crippen LogP contribution in [0.4, 0.5) is 0 Å². The molecule has 0 aromatic heterocycles. The molecule has 46 heavy (non-hydrogen) atoms. The molecule has 6 aliphatic carbocycles. The molecule has 1 heterocycles. The summed E-state index contributed by atoms with van der Waals surface area (Å²) < 4.78 is 22.6. The summed E-state index contributed by atoms with van der Waals surface area (Å²) in [6.07, 6.45) is 7.14. The SMILES string of the molecule is CC(C[C@H](CC1C(C)C2CC(C(O)CC(=O)OC(C)(C)C)C1C2)C(=O)OC1(C)C2CC3CC(C2)CC1C3)C(=O)OC1CCOC1=O. The van der Waals surface area contributed by atoms with Crippen LogP contribution in [0.5, 0.6) is 0 Å². The van der Waals surface area contributed by atoms with Crippen LogP contribution in [0, 0.1) is 65.1 Å². The van der Waals surface area contributed by atoms with Crippen molar-refractivity contribution >= 4 is 23.9 Å². The van der Waals surface area contributed by atoms with Gasteiger partial charge in [0, 0.05) is 6.42 Å². The highest BCUT2D eigenvalue weighted by Gasteiger charge is 2.58. The molecule has 0 spiro atoms. The molecule has 0 aromatic rings. The van der Waals surface area contributed by atoms with Crippen molar-refractivity contribution in [2.24, 2.45) is 65.1 Å². The van der Waals surface area contributed by atoms with E-state index in [0.717, 1.165) is 50.4 Å². The number of carbonyl (C=O) groups excluding carboxylic acids is 4. The highest BCUT2D eigenvalue weighted by atomic mass is 16.6. The molecule has 6 saturated carbocycles. The summed E-state index contributed by atoms with van der Waals surface area (Å²) >= 11 is 0. The average Bonchev–Trinajstić information content (AvgIpc) is 3.65. The lowest BCUT2D eigenvalue weighted by molar-refractivity contribution is -0.208. The molecular weight excluding hydrogens is 588 g/mol. The van der Waals surface area contributed by atoms with E-state index >= 15 is 0 Å². The van der Waals surface area contributed by atoms with Crippen molar-refractivity contribution < 1.29 is 43.2 Å². The van der Waals surface area contributed by atoms with Gasteiger partial charge in [0.05, 0.1) is 31.0 Å². The van der Waals surface area contributed by atoms with Crippen molar-refractivity contribution in [1.82, 2.24) is 0 Å². The van der Waals surface area contributed by atoms with E-state index in [1.807, 2.05) is 20.8 Å². The fraction of sp³-hybridized carbons (Fsp3) is 0.892. The van der Waals surface area contributed by atoms with Crippen molar-refractivity contribution in [2.45, 2.75) is 136 Å². The lowest BCUT2D eigenvalue weighted by atomic mass is 9.50. The number of carbonyl (C=O) groups is 4. The van der Waals surface area contributed by atoms with Crippen LogP contribution in [0.3, 0.4) is 0 Å². The van der Waals surface area contributed by atoms with Crippen molar-refractivity contribution in [2.75, 3.05) is 6.61 Å². The van der Waals surface area contributed by atoms with Gasteiger partial charge in [-0.1, -0.05) is 13.8 Å². The Hall–Kier alpha value is -2.16. The van der Waals surface area contributed by atoms with E-state index in [1.54, 1.807) is 6.92 Å². The zero-order valence-electron chi connectivity index (χ0n) is 28.7. The molecule has 9 atom stereocenters. The summed E-state index contributed by atoms with van der Waals surface area (Å²) in [5.74, 6) is 0.627. The molecule has 7 aliphatic rings. The van der Waals surface area contributed by atoms with Gasteiger partial charge in [-0.2, -0.15) is 0 Å². The van der Waals surface area contributed by atoms with Crippen LogP contribution >= 0.6 is 0 Å². The highest BCUT2D eigenvalue weighted by Crippen LogP contribution is 2.61. The topological polar surface area (TPSA) is 125 Å². The number of aliphatic hydroxyl groups excluding tert-OH is 1. The lowest BCUT2D eigenvalue weighted by Crippen LogP contribution is -2.58. The van der Waals surface area contributed by atoms with E-state index in [9.17, 15) is 24.3 Å². The molecule has 0 aromatic carbocycles. The van der Waals surface area contributed by atoms with E-state index in [1.165, 1.54) is 6.42 Å². The second-order valence-corrected chi connectivity index (χ2v) is 17.3. The minimum atomic E-state index is -0.884. The van der Waals surface area contributed by atoms with E-state index in [0.29, 0.717) is 36.5 Å². The standard InChI is InChI=1S/C37H56O9/c1-19(33(40)44-31-7-8-43-35(31)42)9-24(34(41)46-37(6)25-11-21-10-22(13-25)14-26(37)12-21)17-27-20(2)23-15-28(27)29(16-23)30(38)18-32(39)45-36(3,4)5/h19-31,38H,7-18H2,1-6H3/t19?,20?,21?,22?,23?,24-,25?,26?,27?,28?,29?,30?,31?,37?/m1/s1. The van der Waals surface area contributed by atoms with Gasteiger partial charge in [-0.05, 0) is 139 Å². The summed E-state index contributed by atoms with van der Waals surface area (Å²) in [4.78, 5) is 52.1. The van der Waals surface area contributed by atoms with Crippen molar-refractivity contribution in [3.63, 3.8) is 0 Å². The molecule has 258 valence electrons. The molecule has 9 nitrogen and oxygen atoms in total. The third kappa shape index (κ3) is 6.73. The molecule has 1 saturated heterocycles. The van der Waals surface area contributed by atoms with E-state index in [2.05, 4.69) is 13.8 Å². The number of esters is 4. The Morgan fingerprint density at radius 3 is 2.22 bits per heavy atom. The predicted molar refractivity (Wildman–Crippen MR) is 168 cm³/mol. The molecular formula is C37H56O9. The molecule has 0 amide bonds. The Balaban J connectivity index is 1.17. The maximum atomic E-state index is 14.3. The Kier molecular flexibility index (Phi) is 9.31. The zero-order chi connectivity index (χ0) is 33.1. The van der Waals surface area contributed by atoms with E-state index < -0.39 is 53.2 Å². The van der Waals surface area contributed by atoms with E-state index in [-0.39, 0.29) is 43.2 Å². The summed E-state index contributed by atoms with van der Waals surface area (Å²) in [6.45, 7) is 11.9. The first-order valence-electron chi connectivity index (χ1n) is 18.1. The van der Waals surface area contributed by atoms with Crippen molar-refractivity contribution in [3.05, 3.63) is 0 Å². The molecule has 8 unspecified atom stereocenters. The largest absolute Gasteiger partial charge is 0.463 e. The molecule has 0 radical (unpaired) electrons. The van der Waals surface area contributed by atoms with Gasteiger partial charge < -0.3 is 24.1 Å². The number of rotatable bonds is 11. The number of aliphatic hydroxyl groups is 1. The van der Waals surface area contributed by atoms with Crippen LogP contribution in [-0.4, -0.2) is 59.0 Å². The Bertz CT molecular complexity index is 1160. The maximum absolute atomic E-state index is 14.3. The van der Waals surface area contributed by atoms with Crippen molar-refractivity contribution in [1.29, 1.82) is 0 Å². The first kappa shape index (κ1) is 33.7. The van der Waals surface area contributed by atoms with Crippen LogP contribution in [-0.2, 0) is 38.1 Å². The number of hydrogen-bond acceptors (Lipinski definition) is 9. The van der Waals surface area contributed by atoms with Crippen LogP contribution < -0.4 is 0 Å². The molecule has 7 rings (SSSR count). The minimum absolute atomic E-state index is 0.0342. The van der Waals surface area contributed by atoms with Gasteiger partial charge in [0.15, 0.2) is 0 Å². The first-order valence-corrected chi connectivity index (χ1v) is 18.1. The van der Waals surface area contributed by atoms with Gasteiger partial charge >= 0.3 is 23.9 Å². The fourth-order valence-electron chi connectivity index (χ4n) is 10.9. The van der Waals surface area contributed by atoms with E-state index in [4.69, 9.17) is 18.9 Å². The summed E-state index contributed by atoms with van der Waals surface area (Å²) in [5.41, 5.74) is -1.09. The normalized spacial score (nSPS) is 41.2. The maximum Gasteiger partial charge on any atom is 0.347 e. The predicted octanol–water partition coefficient (Wildman–Crippen LogP) is 5.64. The minimum Gasteiger partial charge on any atom is -0.463 e. The second-order valence-electron chi connectivity index (χ2n) is 17.3. The zero-order valence-corrected chi connectivity index (χ0v) is 28.7. The van der Waals surface area contributed by atoms with Gasteiger partial charge in [-0.15, -0.1) is 0 Å². The van der Waals surface area contributed by atoms with Crippen molar-refractivity contribution in [3.8, 4) is 0 Å². The molecule has 1 aliphatic heterocycles. The molecule has 7 fully saturated rings. The summed E-state index contributed by atoms with van der Waals surface area (Å²) in [5, 5.41) is 11.2. The Labute approximate surface area is 274 Å². The number of ether oxygens (including phenoxy) is 4. The van der Waals surface area contributed by atoms with Crippen LogP contribution in [0.1, 0.15) is 112 Å². The summed E-state index contributed by atoms with van der Waals surface area (Å²) in [7, 11) is 0. The van der Waals surface area contributed by atoms with Crippen LogP contribution in [0.2, 0.25) is 0 Å². The lowest BCUT2D eigenvalue weighted by Gasteiger charge is -2.59. The van der Waals surface area contributed by atoms with Gasteiger partial charge in [-0.3, -0.25) is 14.4 Å². The number of fused-ring (bicyclic) bond motifs is 2. The quantitative estimate of drug-likeness (QED) is 0.225. The molecule has 1 N–H and O–H groups in total. The Morgan fingerprint density at radius 1 is 1.00 bits per heavy atom.